The Morgan fingerprint density at radius 2 is 1.96 bits per heavy atom. The monoisotopic (exact) mass is 352 g/mol. The lowest BCUT2D eigenvalue weighted by atomic mass is 10.1. The molecule has 0 saturated carbocycles. The van der Waals surface area contributed by atoms with Crippen molar-refractivity contribution in [2.24, 2.45) is 0 Å². The van der Waals surface area contributed by atoms with Gasteiger partial charge in [0.25, 0.3) is 0 Å². The van der Waals surface area contributed by atoms with Gasteiger partial charge in [-0.05, 0) is 56.0 Å². The van der Waals surface area contributed by atoms with E-state index >= 15 is 0 Å². The highest BCUT2D eigenvalue weighted by atomic mass is 35.5. The van der Waals surface area contributed by atoms with Crippen LogP contribution >= 0.6 is 11.3 Å². The van der Waals surface area contributed by atoms with Gasteiger partial charge in [0.05, 0.1) is 6.54 Å². The number of anilines is 2. The summed E-state index contributed by atoms with van der Waals surface area (Å²) in [5.41, 5.74) is 3.10. The van der Waals surface area contributed by atoms with E-state index < -0.39 is 0 Å². The molecule has 6 heteroatoms. The van der Waals surface area contributed by atoms with Gasteiger partial charge in [0.1, 0.15) is 0 Å². The summed E-state index contributed by atoms with van der Waals surface area (Å²) in [7, 11) is 0. The van der Waals surface area contributed by atoms with Crippen LogP contribution in [0.2, 0.25) is 0 Å². The molecule has 0 fully saturated rings. The van der Waals surface area contributed by atoms with Gasteiger partial charge in [0.2, 0.25) is 0 Å². The molecular weight excluding hydrogens is 330 g/mol. The molecule has 0 saturated heterocycles. The van der Waals surface area contributed by atoms with Crippen LogP contribution in [0, 0.1) is 6.92 Å². The zero-order valence-electron chi connectivity index (χ0n) is 13.7. The molecule has 0 radical (unpaired) electrons. The van der Waals surface area contributed by atoms with Gasteiger partial charge in [-0.25, -0.2) is 4.79 Å². The van der Waals surface area contributed by atoms with Crippen molar-refractivity contribution in [2.75, 3.05) is 23.3 Å². The first kappa shape index (κ1) is 19.3. The van der Waals surface area contributed by atoms with Crippen molar-refractivity contribution in [1.82, 2.24) is 5.32 Å². The predicted octanol–water partition coefficient (Wildman–Crippen LogP) is 1.23. The molecule has 0 aliphatic rings. The fourth-order valence-electron chi connectivity index (χ4n) is 2.32. The van der Waals surface area contributed by atoms with Crippen molar-refractivity contribution < 1.29 is 17.2 Å². The number of aryl methyl sites for hydroxylation is 1. The highest BCUT2D eigenvalue weighted by molar-refractivity contribution is 7.09. The number of carbonyl (C=O) groups excluding carboxylic acids is 1. The molecule has 0 aliphatic carbocycles. The van der Waals surface area contributed by atoms with Crippen LogP contribution in [0.3, 0.4) is 0 Å². The van der Waals surface area contributed by atoms with Crippen LogP contribution in [0.4, 0.5) is 16.2 Å². The number of rotatable bonds is 6. The first-order valence-corrected chi connectivity index (χ1v) is 8.44. The molecule has 2 rings (SSSR count). The molecule has 1 aromatic heterocycles. The molecule has 1 heterocycles. The predicted molar refractivity (Wildman–Crippen MR) is 94.9 cm³/mol. The van der Waals surface area contributed by atoms with Gasteiger partial charge in [-0.1, -0.05) is 6.07 Å². The fourth-order valence-corrected chi connectivity index (χ4v) is 2.97. The molecule has 0 atom stereocenters. The maximum absolute atomic E-state index is 12.0. The van der Waals surface area contributed by atoms with Crippen molar-refractivity contribution in [3.05, 3.63) is 46.2 Å². The third-order valence-electron chi connectivity index (χ3n) is 3.59. The molecule has 2 aromatic rings. The second-order valence-electron chi connectivity index (χ2n) is 5.06. The maximum atomic E-state index is 12.0. The van der Waals surface area contributed by atoms with E-state index in [9.17, 15) is 4.79 Å². The van der Waals surface area contributed by atoms with E-state index in [2.05, 4.69) is 41.5 Å². The summed E-state index contributed by atoms with van der Waals surface area (Å²) >= 11 is 1.64. The van der Waals surface area contributed by atoms with Crippen LogP contribution in [-0.4, -0.2) is 19.1 Å². The van der Waals surface area contributed by atoms with Gasteiger partial charge in [0.15, 0.2) is 0 Å². The SMILES string of the molecule is CCN(CC)c1ccc(NC(=O)NCc2cccs2)c(C)c1.[Cl-]. The highest BCUT2D eigenvalue weighted by Crippen LogP contribution is 2.22. The normalized spacial score (nSPS) is 9.87. The van der Waals surface area contributed by atoms with E-state index in [-0.39, 0.29) is 18.4 Å². The van der Waals surface area contributed by atoms with Crippen molar-refractivity contribution in [2.45, 2.75) is 27.3 Å². The Morgan fingerprint density at radius 3 is 2.52 bits per heavy atom. The number of urea groups is 1. The summed E-state index contributed by atoms with van der Waals surface area (Å²) in [5, 5.41) is 7.79. The lowest BCUT2D eigenvalue weighted by Crippen LogP contribution is -3.00. The number of halogens is 1. The van der Waals surface area contributed by atoms with E-state index in [0.29, 0.717) is 6.54 Å². The van der Waals surface area contributed by atoms with Crippen LogP contribution in [-0.2, 0) is 6.54 Å². The summed E-state index contributed by atoms with van der Waals surface area (Å²) in [4.78, 5) is 15.4. The molecular formula is C17H23ClN3OS-. The summed E-state index contributed by atoms with van der Waals surface area (Å²) in [6.07, 6.45) is 0. The standard InChI is InChI=1S/C17H23N3OS.ClH/c1-4-20(5-2)14-8-9-16(13(3)11-14)19-17(21)18-12-15-7-6-10-22-15;/h6-11H,4-5,12H2,1-3H3,(H2,18,19,21);1H/p-1. The fraction of sp³-hybridized carbons (Fsp3) is 0.353. The molecule has 2 N–H and O–H groups in total. The Kier molecular flexibility index (Phi) is 7.92. The number of nitrogens with one attached hydrogen (secondary N) is 2. The number of benzene rings is 1. The Morgan fingerprint density at radius 1 is 1.22 bits per heavy atom. The number of carbonyl (C=O) groups is 1. The topological polar surface area (TPSA) is 44.4 Å². The van der Waals surface area contributed by atoms with E-state index in [4.69, 9.17) is 0 Å². The van der Waals surface area contributed by atoms with Gasteiger partial charge in [-0.15, -0.1) is 11.3 Å². The van der Waals surface area contributed by atoms with Crippen molar-refractivity contribution in [3.63, 3.8) is 0 Å². The Balaban J connectivity index is 0.00000264. The number of hydrogen-bond acceptors (Lipinski definition) is 3. The highest BCUT2D eigenvalue weighted by Gasteiger charge is 2.07. The zero-order valence-corrected chi connectivity index (χ0v) is 15.3. The molecule has 4 nitrogen and oxygen atoms in total. The number of nitrogens with zero attached hydrogens (tertiary/aromatic N) is 1. The third kappa shape index (κ3) is 5.44. The number of hydrogen-bond donors (Lipinski definition) is 2. The average Bonchev–Trinajstić information content (AvgIpc) is 3.02. The molecule has 0 spiro atoms. The van der Waals surface area contributed by atoms with Crippen LogP contribution in [0.15, 0.2) is 35.7 Å². The van der Waals surface area contributed by atoms with Crippen LogP contribution in [0.25, 0.3) is 0 Å². The third-order valence-corrected chi connectivity index (χ3v) is 4.47. The minimum absolute atomic E-state index is 0. The van der Waals surface area contributed by atoms with E-state index in [1.54, 1.807) is 11.3 Å². The zero-order chi connectivity index (χ0) is 15.9. The second kappa shape index (κ2) is 9.43. The Hall–Kier alpha value is -1.72. The van der Waals surface area contributed by atoms with Gasteiger partial charge in [0, 0.05) is 29.3 Å². The maximum Gasteiger partial charge on any atom is 0.319 e. The summed E-state index contributed by atoms with van der Waals surface area (Å²) < 4.78 is 0. The van der Waals surface area contributed by atoms with Gasteiger partial charge >= 0.3 is 6.03 Å². The smallest absolute Gasteiger partial charge is 0.319 e. The van der Waals surface area contributed by atoms with Crippen molar-refractivity contribution >= 4 is 28.7 Å². The second-order valence-corrected chi connectivity index (χ2v) is 6.09. The molecule has 2 amide bonds. The number of thiophene rings is 1. The molecule has 1 aromatic carbocycles. The lowest BCUT2D eigenvalue weighted by Gasteiger charge is -2.22. The molecule has 0 unspecified atom stereocenters. The van der Waals surface area contributed by atoms with Crippen LogP contribution in [0.5, 0.6) is 0 Å². The Bertz CT molecular complexity index is 612. The van der Waals surface area contributed by atoms with E-state index in [1.165, 1.54) is 5.69 Å². The first-order chi connectivity index (χ1) is 10.6. The minimum atomic E-state index is -0.174. The van der Waals surface area contributed by atoms with Crippen molar-refractivity contribution in [1.29, 1.82) is 0 Å². The van der Waals surface area contributed by atoms with Crippen molar-refractivity contribution in [3.8, 4) is 0 Å². The molecule has 0 bridgehead atoms. The quantitative estimate of drug-likeness (QED) is 0.821. The first-order valence-electron chi connectivity index (χ1n) is 7.56. The number of amides is 2. The summed E-state index contributed by atoms with van der Waals surface area (Å²) in [6, 6.07) is 9.95. The van der Waals surface area contributed by atoms with Gasteiger partial charge in [-0.2, -0.15) is 0 Å². The molecule has 0 aliphatic heterocycles. The summed E-state index contributed by atoms with van der Waals surface area (Å²) in [5.74, 6) is 0. The van der Waals surface area contributed by atoms with Crippen LogP contribution < -0.4 is 27.9 Å². The lowest BCUT2D eigenvalue weighted by molar-refractivity contribution is -0.00000764. The van der Waals surface area contributed by atoms with E-state index in [1.807, 2.05) is 30.5 Å². The van der Waals surface area contributed by atoms with Gasteiger partial charge in [-0.3, -0.25) is 0 Å². The van der Waals surface area contributed by atoms with E-state index in [0.717, 1.165) is 29.2 Å². The molecule has 126 valence electrons. The molecule has 23 heavy (non-hydrogen) atoms. The summed E-state index contributed by atoms with van der Waals surface area (Å²) in [6.45, 7) is 8.81. The average molecular weight is 353 g/mol. The van der Waals surface area contributed by atoms with Gasteiger partial charge < -0.3 is 27.9 Å². The van der Waals surface area contributed by atoms with Crippen LogP contribution in [0.1, 0.15) is 24.3 Å². The minimum Gasteiger partial charge on any atom is -1.00 e. The largest absolute Gasteiger partial charge is 1.00 e. The Labute approximate surface area is 148 Å².